The van der Waals surface area contributed by atoms with E-state index in [2.05, 4.69) is 16.7 Å². The van der Waals surface area contributed by atoms with Crippen molar-refractivity contribution in [3.05, 3.63) is 88.7 Å². The fraction of sp³-hybridized carbons (Fsp3) is 0.182. The first-order chi connectivity index (χ1) is 13.6. The van der Waals surface area contributed by atoms with Crippen LogP contribution in [-0.4, -0.2) is 39.3 Å². The number of amides is 2. The van der Waals surface area contributed by atoms with Crippen molar-refractivity contribution in [1.82, 2.24) is 14.4 Å². The second kappa shape index (κ2) is 6.53. The number of rotatable bonds is 1. The summed E-state index contributed by atoms with van der Waals surface area (Å²) in [7, 11) is 0. The molecule has 0 saturated carbocycles. The van der Waals surface area contributed by atoms with Crippen molar-refractivity contribution >= 4 is 23.4 Å². The van der Waals surface area contributed by atoms with E-state index in [0.29, 0.717) is 23.7 Å². The van der Waals surface area contributed by atoms with Crippen LogP contribution in [0.3, 0.4) is 0 Å². The monoisotopic (exact) mass is 391 g/mol. The highest BCUT2D eigenvalue weighted by Crippen LogP contribution is 2.35. The number of benzene rings is 2. The summed E-state index contributed by atoms with van der Waals surface area (Å²) in [6, 6.07) is 18.8. The Labute approximate surface area is 167 Å². The summed E-state index contributed by atoms with van der Waals surface area (Å²) in [4.78, 5) is 29.5. The van der Waals surface area contributed by atoms with Gasteiger partial charge in [0.25, 0.3) is 5.91 Å². The Hall–Kier alpha value is -3.05. The van der Waals surface area contributed by atoms with Crippen LogP contribution in [0.5, 0.6) is 0 Å². The molecule has 28 heavy (non-hydrogen) atoms. The lowest BCUT2D eigenvalue weighted by molar-refractivity contribution is -0.139. The molecule has 1 aromatic heterocycles. The molecular formula is C22H18ClN3O2. The summed E-state index contributed by atoms with van der Waals surface area (Å²) in [5.41, 5.74) is 3.75. The number of halogens is 1. The Balaban J connectivity index is 1.52. The molecule has 2 aromatic carbocycles. The predicted octanol–water partition coefficient (Wildman–Crippen LogP) is 3.67. The van der Waals surface area contributed by atoms with Crippen molar-refractivity contribution in [1.29, 1.82) is 0 Å². The zero-order chi connectivity index (χ0) is 19.3. The quantitative estimate of drug-likeness (QED) is 0.635. The summed E-state index contributed by atoms with van der Waals surface area (Å²) in [5, 5.41) is 0.580. The molecule has 2 amide bonds. The molecule has 1 atom stereocenters. The fourth-order valence-electron chi connectivity index (χ4n) is 4.13. The van der Waals surface area contributed by atoms with E-state index in [1.807, 2.05) is 35.4 Å². The highest BCUT2D eigenvalue weighted by molar-refractivity contribution is 6.30. The molecule has 0 aliphatic carbocycles. The molecule has 6 heteroatoms. The molecule has 1 fully saturated rings. The van der Waals surface area contributed by atoms with Crippen molar-refractivity contribution in [3.8, 4) is 5.69 Å². The van der Waals surface area contributed by atoms with Gasteiger partial charge in [0.1, 0.15) is 6.54 Å². The van der Waals surface area contributed by atoms with Crippen LogP contribution in [0.2, 0.25) is 5.02 Å². The van der Waals surface area contributed by atoms with Gasteiger partial charge in [0.15, 0.2) is 0 Å². The second-order valence-corrected chi connectivity index (χ2v) is 7.60. The van der Waals surface area contributed by atoms with Crippen molar-refractivity contribution < 1.29 is 9.59 Å². The van der Waals surface area contributed by atoms with Crippen LogP contribution in [-0.2, 0) is 11.3 Å². The lowest BCUT2D eigenvalue weighted by atomic mass is 10.1. The summed E-state index contributed by atoms with van der Waals surface area (Å²) in [6.07, 6.45) is 2.02. The van der Waals surface area contributed by atoms with Gasteiger partial charge in [-0.1, -0.05) is 29.8 Å². The summed E-state index contributed by atoms with van der Waals surface area (Å²) in [5.74, 6) is -0.187. The van der Waals surface area contributed by atoms with Gasteiger partial charge in [0, 0.05) is 35.6 Å². The first-order valence-corrected chi connectivity index (χ1v) is 9.59. The Morgan fingerprint density at radius 3 is 2.57 bits per heavy atom. The number of para-hydroxylation sites is 1. The van der Waals surface area contributed by atoms with E-state index in [4.69, 9.17) is 11.6 Å². The van der Waals surface area contributed by atoms with Gasteiger partial charge in [-0.25, -0.2) is 0 Å². The van der Waals surface area contributed by atoms with E-state index < -0.39 is 0 Å². The number of fused-ring (bicyclic) bond motifs is 5. The van der Waals surface area contributed by atoms with Gasteiger partial charge >= 0.3 is 0 Å². The Morgan fingerprint density at radius 1 is 0.964 bits per heavy atom. The van der Waals surface area contributed by atoms with Crippen molar-refractivity contribution in [2.45, 2.75) is 12.6 Å². The molecule has 0 N–H and O–H groups in total. The van der Waals surface area contributed by atoms with Gasteiger partial charge in [0.05, 0.1) is 11.7 Å². The highest BCUT2D eigenvalue weighted by Gasteiger charge is 2.39. The molecule has 140 valence electrons. The molecular weight excluding hydrogens is 374 g/mol. The van der Waals surface area contributed by atoms with Gasteiger partial charge in [0.2, 0.25) is 5.91 Å². The molecule has 1 unspecified atom stereocenters. The minimum absolute atomic E-state index is 0.0389. The Morgan fingerprint density at radius 2 is 1.75 bits per heavy atom. The maximum absolute atomic E-state index is 13.0. The topological polar surface area (TPSA) is 45.6 Å². The lowest BCUT2D eigenvalue weighted by Gasteiger charge is -2.40. The van der Waals surface area contributed by atoms with Gasteiger partial charge < -0.3 is 14.4 Å². The van der Waals surface area contributed by atoms with Crippen LogP contribution >= 0.6 is 11.6 Å². The van der Waals surface area contributed by atoms with Crippen molar-refractivity contribution in [2.24, 2.45) is 0 Å². The maximum Gasteiger partial charge on any atom is 0.254 e. The summed E-state index contributed by atoms with van der Waals surface area (Å²) < 4.78 is 2.13. The van der Waals surface area contributed by atoms with Crippen LogP contribution < -0.4 is 0 Å². The van der Waals surface area contributed by atoms with Crippen LogP contribution in [0.4, 0.5) is 0 Å². The summed E-state index contributed by atoms with van der Waals surface area (Å²) in [6.45, 7) is 1.09. The molecule has 5 rings (SSSR count). The number of nitrogens with zero attached hydrogens (tertiary/aromatic N) is 3. The second-order valence-electron chi connectivity index (χ2n) is 7.16. The number of hydrogen-bond donors (Lipinski definition) is 0. The number of carbonyl (C=O) groups is 2. The minimum Gasteiger partial charge on any atom is -0.327 e. The molecule has 2 aliphatic rings. The average molecular weight is 392 g/mol. The summed E-state index contributed by atoms with van der Waals surface area (Å²) >= 11 is 5.93. The van der Waals surface area contributed by atoms with E-state index >= 15 is 0 Å². The standard InChI is InChI=1S/C22H18ClN3O2/c23-17-9-7-15(8-10-17)22(28)24-13-20-19-6-3-11-25(19)18-5-2-1-4-16(18)12-26(20)21(27)14-24/h1-11,20H,12-14H2. The van der Waals surface area contributed by atoms with Crippen molar-refractivity contribution in [3.63, 3.8) is 0 Å². The van der Waals surface area contributed by atoms with E-state index in [1.54, 1.807) is 29.2 Å². The number of piperazine rings is 1. The fourth-order valence-corrected chi connectivity index (χ4v) is 4.26. The van der Waals surface area contributed by atoms with Gasteiger partial charge in [-0.15, -0.1) is 0 Å². The lowest BCUT2D eigenvalue weighted by Crippen LogP contribution is -2.53. The first kappa shape index (κ1) is 17.1. The third kappa shape index (κ3) is 2.70. The van der Waals surface area contributed by atoms with Crippen LogP contribution in [0.1, 0.15) is 27.7 Å². The number of aromatic nitrogens is 1. The molecule has 2 aliphatic heterocycles. The Bertz CT molecular complexity index is 1070. The van der Waals surface area contributed by atoms with E-state index in [9.17, 15) is 9.59 Å². The molecule has 1 saturated heterocycles. The molecule has 3 heterocycles. The van der Waals surface area contributed by atoms with E-state index in [0.717, 1.165) is 16.9 Å². The van der Waals surface area contributed by atoms with Crippen molar-refractivity contribution in [2.75, 3.05) is 13.1 Å². The molecule has 3 aromatic rings. The highest BCUT2D eigenvalue weighted by atomic mass is 35.5. The first-order valence-electron chi connectivity index (χ1n) is 9.21. The largest absolute Gasteiger partial charge is 0.327 e. The minimum atomic E-state index is -0.181. The zero-order valence-corrected chi connectivity index (χ0v) is 15.8. The van der Waals surface area contributed by atoms with E-state index in [-0.39, 0.29) is 24.4 Å². The smallest absolute Gasteiger partial charge is 0.254 e. The third-order valence-electron chi connectivity index (χ3n) is 5.51. The SMILES string of the molecule is O=C(c1ccc(Cl)cc1)N1CC(=O)N2Cc3ccccc3-n3cccc3C2C1. The van der Waals surface area contributed by atoms with E-state index in [1.165, 1.54) is 0 Å². The number of hydrogen-bond acceptors (Lipinski definition) is 2. The Kier molecular flexibility index (Phi) is 3.98. The molecule has 0 spiro atoms. The predicted molar refractivity (Wildman–Crippen MR) is 106 cm³/mol. The molecule has 0 radical (unpaired) electrons. The van der Waals surface area contributed by atoms with Gasteiger partial charge in [-0.05, 0) is 48.0 Å². The van der Waals surface area contributed by atoms with Gasteiger partial charge in [-0.2, -0.15) is 0 Å². The molecule has 0 bridgehead atoms. The maximum atomic E-state index is 13.0. The van der Waals surface area contributed by atoms with Gasteiger partial charge in [-0.3, -0.25) is 9.59 Å². The third-order valence-corrected chi connectivity index (χ3v) is 5.76. The number of carbonyl (C=O) groups excluding carboxylic acids is 2. The van der Waals surface area contributed by atoms with Crippen LogP contribution in [0, 0.1) is 0 Å². The normalized spacial score (nSPS) is 18.2. The molecule has 5 nitrogen and oxygen atoms in total. The van der Waals surface area contributed by atoms with Crippen LogP contribution in [0.25, 0.3) is 5.69 Å². The van der Waals surface area contributed by atoms with Crippen LogP contribution in [0.15, 0.2) is 66.9 Å². The zero-order valence-electron chi connectivity index (χ0n) is 15.1. The average Bonchev–Trinajstić information content (AvgIpc) is 3.14.